The number of nitrogens with one attached hydrogen (secondary N) is 1. The molecule has 1 fully saturated rings. The fraction of sp³-hybridized carbons (Fsp3) is 0.524. The van der Waals surface area contributed by atoms with E-state index >= 15 is 0 Å². The maximum absolute atomic E-state index is 12.4. The van der Waals surface area contributed by atoms with Crippen LogP contribution in [0.4, 0.5) is 0 Å². The number of halogens is 1. The standard InChI is InChI=1S/C21H29N3O3.ClH/c1-14-19(15(2)27-24-14)13-26-18-9-7-16(8-10-18)11-21(25)23-20-6-4-3-5-17(20)12-22;/h7-10,17,20H,3-6,11-13,22H2,1-2H3,(H,23,25);1H. The maximum Gasteiger partial charge on any atom is 0.224 e. The molecule has 3 rings (SSSR count). The van der Waals surface area contributed by atoms with Gasteiger partial charge in [-0.1, -0.05) is 30.1 Å². The molecule has 1 heterocycles. The lowest BCUT2D eigenvalue weighted by Gasteiger charge is -2.31. The second-order valence-corrected chi connectivity index (χ2v) is 7.37. The van der Waals surface area contributed by atoms with Crippen molar-refractivity contribution in [3.63, 3.8) is 0 Å². The summed E-state index contributed by atoms with van der Waals surface area (Å²) in [6.07, 6.45) is 4.89. The first-order chi connectivity index (χ1) is 13.1. The van der Waals surface area contributed by atoms with Crippen molar-refractivity contribution < 1.29 is 14.1 Å². The Bertz CT molecular complexity index is 741. The fourth-order valence-corrected chi connectivity index (χ4v) is 3.69. The zero-order chi connectivity index (χ0) is 19.2. The number of carbonyl (C=O) groups is 1. The molecule has 6 nitrogen and oxygen atoms in total. The highest BCUT2D eigenvalue weighted by Crippen LogP contribution is 2.24. The summed E-state index contributed by atoms with van der Waals surface area (Å²) in [5.41, 5.74) is 8.63. The van der Waals surface area contributed by atoms with E-state index in [0.29, 0.717) is 25.5 Å². The minimum absolute atomic E-state index is 0. The molecular weight excluding hydrogens is 378 g/mol. The van der Waals surface area contributed by atoms with Crippen LogP contribution in [0.25, 0.3) is 0 Å². The Morgan fingerprint density at radius 1 is 1.25 bits per heavy atom. The molecule has 1 aliphatic rings. The topological polar surface area (TPSA) is 90.4 Å². The van der Waals surface area contributed by atoms with E-state index in [0.717, 1.165) is 41.2 Å². The molecule has 2 aromatic rings. The number of ether oxygens (including phenoxy) is 1. The first kappa shape index (κ1) is 22.2. The minimum Gasteiger partial charge on any atom is -0.489 e. The van der Waals surface area contributed by atoms with Crippen molar-refractivity contribution in [2.75, 3.05) is 6.54 Å². The van der Waals surface area contributed by atoms with Crippen LogP contribution < -0.4 is 15.8 Å². The average Bonchev–Trinajstić information content (AvgIpc) is 2.99. The fourth-order valence-electron chi connectivity index (χ4n) is 3.69. The Hall–Kier alpha value is -2.05. The van der Waals surface area contributed by atoms with Crippen LogP contribution >= 0.6 is 12.4 Å². The maximum atomic E-state index is 12.4. The molecule has 0 aliphatic heterocycles. The van der Waals surface area contributed by atoms with Crippen LogP contribution in [-0.4, -0.2) is 23.7 Å². The molecule has 1 aliphatic carbocycles. The summed E-state index contributed by atoms with van der Waals surface area (Å²) in [6, 6.07) is 7.87. The molecule has 2 atom stereocenters. The second kappa shape index (κ2) is 10.5. The first-order valence-electron chi connectivity index (χ1n) is 9.69. The predicted molar refractivity (Wildman–Crippen MR) is 111 cm³/mol. The van der Waals surface area contributed by atoms with Gasteiger partial charge in [0.1, 0.15) is 18.1 Å². The zero-order valence-corrected chi connectivity index (χ0v) is 17.4. The largest absolute Gasteiger partial charge is 0.489 e. The lowest BCUT2D eigenvalue weighted by Crippen LogP contribution is -2.45. The third-order valence-corrected chi connectivity index (χ3v) is 5.41. The van der Waals surface area contributed by atoms with Crippen LogP contribution in [-0.2, 0) is 17.8 Å². The number of nitrogens with two attached hydrogens (primary N) is 1. The van der Waals surface area contributed by atoms with Gasteiger partial charge in [0.2, 0.25) is 5.91 Å². The Labute approximate surface area is 172 Å². The monoisotopic (exact) mass is 407 g/mol. The Morgan fingerprint density at radius 3 is 2.61 bits per heavy atom. The van der Waals surface area contributed by atoms with Crippen molar-refractivity contribution in [3.05, 3.63) is 46.8 Å². The minimum atomic E-state index is 0. The molecule has 1 aromatic heterocycles. The number of rotatable bonds is 7. The van der Waals surface area contributed by atoms with E-state index in [2.05, 4.69) is 10.5 Å². The number of amides is 1. The predicted octanol–water partition coefficient (Wildman–Crippen LogP) is 3.47. The summed E-state index contributed by atoms with van der Waals surface area (Å²) in [6.45, 7) is 4.84. The first-order valence-corrected chi connectivity index (χ1v) is 9.69. The van der Waals surface area contributed by atoms with Gasteiger partial charge in [0.15, 0.2) is 0 Å². The molecule has 2 unspecified atom stereocenters. The quantitative estimate of drug-likeness (QED) is 0.733. The molecule has 0 radical (unpaired) electrons. The number of benzene rings is 1. The van der Waals surface area contributed by atoms with E-state index in [9.17, 15) is 4.79 Å². The normalized spacial score (nSPS) is 19.0. The van der Waals surface area contributed by atoms with Crippen molar-refractivity contribution in [1.82, 2.24) is 10.5 Å². The van der Waals surface area contributed by atoms with Crippen LogP contribution in [0.3, 0.4) is 0 Å². The highest BCUT2D eigenvalue weighted by Gasteiger charge is 2.25. The van der Waals surface area contributed by atoms with Gasteiger partial charge in [-0.3, -0.25) is 4.79 Å². The second-order valence-electron chi connectivity index (χ2n) is 7.37. The summed E-state index contributed by atoms with van der Waals surface area (Å²) < 4.78 is 10.9. The number of hydrogen-bond donors (Lipinski definition) is 2. The molecule has 1 saturated carbocycles. The number of aromatic nitrogens is 1. The van der Waals surface area contributed by atoms with E-state index < -0.39 is 0 Å². The van der Waals surface area contributed by atoms with Gasteiger partial charge >= 0.3 is 0 Å². The van der Waals surface area contributed by atoms with Gasteiger partial charge in [-0.05, 0) is 56.8 Å². The SMILES string of the molecule is Cc1noc(C)c1COc1ccc(CC(=O)NC2CCCCC2CN)cc1.Cl. The number of aryl methyl sites for hydroxylation is 2. The average molecular weight is 408 g/mol. The zero-order valence-electron chi connectivity index (χ0n) is 16.6. The van der Waals surface area contributed by atoms with Gasteiger partial charge in [0, 0.05) is 6.04 Å². The van der Waals surface area contributed by atoms with Crippen LogP contribution in [0, 0.1) is 19.8 Å². The van der Waals surface area contributed by atoms with E-state index in [4.69, 9.17) is 15.0 Å². The summed E-state index contributed by atoms with van der Waals surface area (Å²) in [4.78, 5) is 12.4. The molecule has 7 heteroatoms. The lowest BCUT2D eigenvalue weighted by molar-refractivity contribution is -0.121. The third kappa shape index (κ3) is 5.72. The number of nitrogens with zero attached hydrogens (tertiary/aromatic N) is 1. The van der Waals surface area contributed by atoms with Crippen molar-refractivity contribution in [1.29, 1.82) is 0 Å². The Balaban J connectivity index is 0.00000280. The summed E-state index contributed by atoms with van der Waals surface area (Å²) in [5, 5.41) is 7.10. The molecule has 1 aromatic carbocycles. The van der Waals surface area contributed by atoms with E-state index in [1.165, 1.54) is 12.8 Å². The van der Waals surface area contributed by atoms with Crippen LogP contribution in [0.1, 0.15) is 48.3 Å². The highest BCUT2D eigenvalue weighted by atomic mass is 35.5. The Kier molecular flexibility index (Phi) is 8.33. The molecule has 0 spiro atoms. The molecular formula is C21H30ClN3O3. The number of carbonyl (C=O) groups excluding carboxylic acids is 1. The van der Waals surface area contributed by atoms with E-state index in [1.54, 1.807) is 0 Å². The van der Waals surface area contributed by atoms with Gasteiger partial charge in [0.25, 0.3) is 0 Å². The van der Waals surface area contributed by atoms with Crippen molar-refractivity contribution >= 4 is 18.3 Å². The molecule has 3 N–H and O–H groups in total. The third-order valence-electron chi connectivity index (χ3n) is 5.41. The summed E-state index contributed by atoms with van der Waals surface area (Å²) >= 11 is 0. The van der Waals surface area contributed by atoms with Crippen LogP contribution in [0.15, 0.2) is 28.8 Å². The van der Waals surface area contributed by atoms with Crippen molar-refractivity contribution in [2.24, 2.45) is 11.7 Å². The van der Waals surface area contributed by atoms with Gasteiger partial charge in [-0.2, -0.15) is 0 Å². The smallest absolute Gasteiger partial charge is 0.224 e. The molecule has 0 bridgehead atoms. The molecule has 0 saturated heterocycles. The van der Waals surface area contributed by atoms with E-state index in [-0.39, 0.29) is 24.4 Å². The van der Waals surface area contributed by atoms with Gasteiger partial charge in [0.05, 0.1) is 17.7 Å². The van der Waals surface area contributed by atoms with Crippen molar-refractivity contribution in [3.8, 4) is 5.75 Å². The van der Waals surface area contributed by atoms with Crippen LogP contribution in [0.2, 0.25) is 0 Å². The molecule has 1 amide bonds. The summed E-state index contributed by atoms with van der Waals surface area (Å²) in [5.74, 6) is 2.00. The molecule has 28 heavy (non-hydrogen) atoms. The van der Waals surface area contributed by atoms with Crippen LogP contribution in [0.5, 0.6) is 5.75 Å². The highest BCUT2D eigenvalue weighted by molar-refractivity contribution is 5.85. The van der Waals surface area contributed by atoms with Gasteiger partial charge in [-0.15, -0.1) is 12.4 Å². The van der Waals surface area contributed by atoms with Crippen molar-refractivity contribution in [2.45, 2.75) is 58.6 Å². The number of hydrogen-bond acceptors (Lipinski definition) is 5. The molecule has 154 valence electrons. The lowest BCUT2D eigenvalue weighted by atomic mass is 9.84. The van der Waals surface area contributed by atoms with Gasteiger partial charge in [-0.25, -0.2) is 0 Å². The van der Waals surface area contributed by atoms with E-state index in [1.807, 2.05) is 38.1 Å². The van der Waals surface area contributed by atoms with Gasteiger partial charge < -0.3 is 20.3 Å². The Morgan fingerprint density at radius 2 is 1.96 bits per heavy atom. The summed E-state index contributed by atoms with van der Waals surface area (Å²) in [7, 11) is 0.